The van der Waals surface area contributed by atoms with Crippen molar-refractivity contribution < 1.29 is 43.4 Å². The van der Waals surface area contributed by atoms with Crippen LogP contribution in [-0.2, 0) is 23.7 Å². The molecular weight excluding hydrogens is 517 g/mol. The van der Waals surface area contributed by atoms with Gasteiger partial charge in [0.2, 0.25) is 12.3 Å². The summed E-state index contributed by atoms with van der Waals surface area (Å²) in [4.78, 5) is 55.9. The number of hydroxylamine groups is 2. The van der Waals surface area contributed by atoms with E-state index in [1.54, 1.807) is 19.9 Å². The largest absolute Gasteiger partial charge is 0.494 e. The SMILES string of the molecule is CCCCCC(C(=O)NCNC(=O)C1CCC(c2cc(OCC)cc(P(=O)(O)O)c2)O1)[C@@H](CC)N(O)C=O. The lowest BCUT2D eigenvalue weighted by Gasteiger charge is -2.29. The molecule has 3 unspecified atom stereocenters. The topological polar surface area (TPSA) is 175 Å². The molecule has 5 N–H and O–H groups in total. The molecule has 0 spiro atoms. The van der Waals surface area contributed by atoms with E-state index in [9.17, 15) is 33.9 Å². The van der Waals surface area contributed by atoms with Gasteiger partial charge in [-0.1, -0.05) is 33.1 Å². The van der Waals surface area contributed by atoms with Gasteiger partial charge in [-0.3, -0.25) is 24.2 Å². The van der Waals surface area contributed by atoms with Gasteiger partial charge in [-0.05, 0) is 56.4 Å². The molecule has 1 aromatic carbocycles. The Morgan fingerprint density at radius 2 is 1.92 bits per heavy atom. The summed E-state index contributed by atoms with van der Waals surface area (Å²) in [6.07, 6.45) is 3.26. The standard InChI is InChI=1S/C25H40N3O9P/c1-4-7-8-9-20(21(5-2)28(32)16-29)24(30)26-15-27-25(31)23-11-10-22(37-23)17-12-18(36-6-3)14-19(13-17)38(33,34)35/h12-14,16,20-23,32H,4-11,15H2,1-3H3,(H,26,30)(H,27,31)(H2,33,34,35)/t20?,21-,22?,23?/m1/s1. The third-order valence-corrected chi connectivity index (χ3v) is 7.49. The van der Waals surface area contributed by atoms with Crippen molar-refractivity contribution in [1.29, 1.82) is 0 Å². The first-order valence-corrected chi connectivity index (χ1v) is 14.6. The van der Waals surface area contributed by atoms with Gasteiger partial charge in [0.05, 0.1) is 36.6 Å². The summed E-state index contributed by atoms with van der Waals surface area (Å²) in [7, 11) is -4.52. The summed E-state index contributed by atoms with van der Waals surface area (Å²) in [5, 5.41) is 15.6. The second-order valence-corrected chi connectivity index (χ2v) is 10.9. The first-order chi connectivity index (χ1) is 18.0. The number of rotatable bonds is 16. The average molecular weight is 558 g/mol. The molecule has 1 fully saturated rings. The van der Waals surface area contributed by atoms with E-state index in [2.05, 4.69) is 10.6 Å². The van der Waals surface area contributed by atoms with Crippen molar-refractivity contribution in [3.63, 3.8) is 0 Å². The second kappa shape index (κ2) is 15.2. The molecule has 1 aromatic rings. The fraction of sp³-hybridized carbons (Fsp3) is 0.640. The summed E-state index contributed by atoms with van der Waals surface area (Å²) in [6.45, 7) is 5.73. The molecule has 1 saturated heterocycles. The number of ether oxygens (including phenoxy) is 2. The van der Waals surface area contributed by atoms with Crippen LogP contribution in [0.5, 0.6) is 5.75 Å². The summed E-state index contributed by atoms with van der Waals surface area (Å²) >= 11 is 0. The third kappa shape index (κ3) is 9.06. The molecular formula is C25H40N3O9P. The third-order valence-electron chi connectivity index (χ3n) is 6.56. The van der Waals surface area contributed by atoms with Crippen LogP contribution < -0.4 is 20.7 Å². The van der Waals surface area contributed by atoms with Crippen LogP contribution in [0.1, 0.15) is 77.4 Å². The highest BCUT2D eigenvalue weighted by Gasteiger charge is 2.34. The molecule has 0 radical (unpaired) electrons. The van der Waals surface area contributed by atoms with Crippen LogP contribution in [0, 0.1) is 5.92 Å². The molecule has 38 heavy (non-hydrogen) atoms. The van der Waals surface area contributed by atoms with E-state index in [-0.39, 0.29) is 24.3 Å². The predicted octanol–water partition coefficient (Wildman–Crippen LogP) is 2.12. The van der Waals surface area contributed by atoms with Crippen LogP contribution in [0.2, 0.25) is 0 Å². The van der Waals surface area contributed by atoms with Crippen LogP contribution >= 0.6 is 7.60 Å². The van der Waals surface area contributed by atoms with Gasteiger partial charge in [-0.2, -0.15) is 0 Å². The lowest BCUT2D eigenvalue weighted by molar-refractivity contribution is -0.168. The van der Waals surface area contributed by atoms with Crippen molar-refractivity contribution in [3.8, 4) is 5.75 Å². The zero-order valence-electron chi connectivity index (χ0n) is 22.2. The monoisotopic (exact) mass is 557 g/mol. The zero-order chi connectivity index (χ0) is 28.3. The van der Waals surface area contributed by atoms with E-state index in [0.717, 1.165) is 19.3 Å². The molecule has 0 bridgehead atoms. The number of benzene rings is 1. The highest BCUT2D eigenvalue weighted by atomic mass is 31.2. The number of hydrogen-bond donors (Lipinski definition) is 5. The fourth-order valence-corrected chi connectivity index (χ4v) is 5.21. The molecule has 12 nitrogen and oxygen atoms in total. The molecule has 1 aliphatic rings. The fourth-order valence-electron chi connectivity index (χ4n) is 4.60. The van der Waals surface area contributed by atoms with Crippen LogP contribution in [0.4, 0.5) is 0 Å². The maximum atomic E-state index is 12.9. The Kier molecular flexibility index (Phi) is 12.7. The molecule has 0 saturated carbocycles. The summed E-state index contributed by atoms with van der Waals surface area (Å²) < 4.78 is 23.1. The average Bonchev–Trinajstić information content (AvgIpc) is 3.38. The van der Waals surface area contributed by atoms with Gasteiger partial charge in [-0.15, -0.1) is 0 Å². The maximum absolute atomic E-state index is 12.9. The van der Waals surface area contributed by atoms with Crippen LogP contribution in [0.3, 0.4) is 0 Å². The summed E-state index contributed by atoms with van der Waals surface area (Å²) in [6, 6.07) is 3.62. The molecule has 3 amide bonds. The Bertz CT molecular complexity index is 987. The van der Waals surface area contributed by atoms with Crippen LogP contribution in [0.25, 0.3) is 0 Å². The number of carbonyl (C=O) groups excluding carboxylic acids is 3. The van der Waals surface area contributed by atoms with E-state index in [1.165, 1.54) is 12.1 Å². The predicted molar refractivity (Wildman–Crippen MR) is 139 cm³/mol. The van der Waals surface area contributed by atoms with Gasteiger partial charge in [-0.25, -0.2) is 5.06 Å². The van der Waals surface area contributed by atoms with Crippen molar-refractivity contribution in [2.24, 2.45) is 5.92 Å². The van der Waals surface area contributed by atoms with E-state index in [1.807, 2.05) is 6.92 Å². The van der Waals surface area contributed by atoms with Crippen molar-refractivity contribution in [1.82, 2.24) is 15.7 Å². The molecule has 13 heteroatoms. The smallest absolute Gasteiger partial charge is 0.356 e. The number of amides is 3. The molecule has 0 aliphatic carbocycles. The van der Waals surface area contributed by atoms with Crippen LogP contribution in [-0.4, -0.2) is 63.7 Å². The molecule has 0 aromatic heterocycles. The molecule has 4 atom stereocenters. The van der Waals surface area contributed by atoms with E-state index < -0.39 is 37.7 Å². The van der Waals surface area contributed by atoms with Crippen LogP contribution in [0.15, 0.2) is 18.2 Å². The van der Waals surface area contributed by atoms with E-state index >= 15 is 0 Å². The molecule has 1 aliphatic heterocycles. The van der Waals surface area contributed by atoms with Gasteiger partial charge in [0.25, 0.3) is 5.91 Å². The van der Waals surface area contributed by atoms with Gasteiger partial charge < -0.3 is 29.9 Å². The molecule has 1 heterocycles. The Hall–Kier alpha value is -2.50. The minimum absolute atomic E-state index is 0.155. The summed E-state index contributed by atoms with van der Waals surface area (Å²) in [5.74, 6) is -1.14. The Morgan fingerprint density at radius 3 is 2.53 bits per heavy atom. The maximum Gasteiger partial charge on any atom is 0.356 e. The van der Waals surface area contributed by atoms with Crippen molar-refractivity contribution in [2.45, 2.75) is 84.0 Å². The Balaban J connectivity index is 1.98. The zero-order valence-corrected chi connectivity index (χ0v) is 23.1. The quantitative estimate of drug-likeness (QED) is 0.0509. The van der Waals surface area contributed by atoms with Crippen molar-refractivity contribution >= 4 is 31.1 Å². The first kappa shape index (κ1) is 31.7. The number of unbranched alkanes of at least 4 members (excludes halogenated alkanes) is 2. The van der Waals surface area contributed by atoms with E-state index in [0.29, 0.717) is 48.7 Å². The number of nitrogens with zero attached hydrogens (tertiary/aromatic N) is 1. The second-order valence-electron chi connectivity index (χ2n) is 9.25. The highest BCUT2D eigenvalue weighted by molar-refractivity contribution is 7.60. The first-order valence-electron chi connectivity index (χ1n) is 13.0. The number of nitrogens with one attached hydrogen (secondary N) is 2. The molecule has 214 valence electrons. The minimum atomic E-state index is -4.52. The van der Waals surface area contributed by atoms with Gasteiger partial charge >= 0.3 is 7.60 Å². The van der Waals surface area contributed by atoms with Gasteiger partial charge in [0.1, 0.15) is 11.9 Å². The van der Waals surface area contributed by atoms with Gasteiger partial charge in [0, 0.05) is 0 Å². The number of hydrogen-bond acceptors (Lipinski definition) is 7. The Labute approximate surface area is 223 Å². The minimum Gasteiger partial charge on any atom is -0.494 e. The van der Waals surface area contributed by atoms with Crippen molar-refractivity contribution in [2.75, 3.05) is 13.3 Å². The Morgan fingerprint density at radius 1 is 1.18 bits per heavy atom. The molecule has 2 rings (SSSR count). The highest BCUT2D eigenvalue weighted by Crippen LogP contribution is 2.39. The van der Waals surface area contributed by atoms with Crippen molar-refractivity contribution in [3.05, 3.63) is 23.8 Å². The lowest BCUT2D eigenvalue weighted by atomic mass is 9.90. The summed E-state index contributed by atoms with van der Waals surface area (Å²) in [5.41, 5.74) is 0.502. The van der Waals surface area contributed by atoms with Gasteiger partial charge in [0.15, 0.2) is 0 Å². The number of carbonyl (C=O) groups is 3. The lowest BCUT2D eigenvalue weighted by Crippen LogP contribution is -2.48. The normalized spacial score (nSPS) is 18.9. The van der Waals surface area contributed by atoms with E-state index in [4.69, 9.17) is 9.47 Å².